The number of benzene rings is 2. The van der Waals surface area contributed by atoms with Gasteiger partial charge in [0.1, 0.15) is 5.75 Å². The number of aryl methyl sites for hydroxylation is 3. The minimum atomic E-state index is -0.114. The van der Waals surface area contributed by atoms with E-state index in [0.717, 1.165) is 41.0 Å². The van der Waals surface area contributed by atoms with Crippen LogP contribution in [0.2, 0.25) is 0 Å². The summed E-state index contributed by atoms with van der Waals surface area (Å²) in [5.74, 6) is 2.04. The summed E-state index contributed by atoms with van der Waals surface area (Å²) in [5.41, 5.74) is 3.38. The molecule has 0 spiro atoms. The Kier molecular flexibility index (Phi) is 7.33. The highest BCUT2D eigenvalue weighted by Gasteiger charge is 2.06. The maximum atomic E-state index is 11.9. The van der Waals surface area contributed by atoms with Gasteiger partial charge in [0.2, 0.25) is 0 Å². The molecule has 5 nitrogen and oxygen atoms in total. The van der Waals surface area contributed by atoms with Crippen molar-refractivity contribution in [2.75, 3.05) is 27.4 Å². The zero-order valence-corrected chi connectivity index (χ0v) is 15.9. The second-order valence-electron chi connectivity index (χ2n) is 6.25. The fraction of sp³-hybridized carbons (Fsp3) is 0.381. The van der Waals surface area contributed by atoms with Crippen LogP contribution >= 0.6 is 0 Å². The molecule has 0 radical (unpaired) electrons. The minimum absolute atomic E-state index is 0.0270. The molecule has 0 aliphatic heterocycles. The molecule has 0 aliphatic rings. The molecule has 0 bridgehead atoms. The first-order valence-corrected chi connectivity index (χ1v) is 8.70. The molecular weight excluding hydrogens is 330 g/mol. The molecule has 0 aromatic heterocycles. The zero-order chi connectivity index (χ0) is 18.9. The molecule has 2 aromatic rings. The van der Waals surface area contributed by atoms with Crippen molar-refractivity contribution in [2.24, 2.45) is 0 Å². The number of carbonyl (C=O) groups excluding carboxylic acids is 1. The highest BCUT2D eigenvalue weighted by atomic mass is 16.5. The maximum absolute atomic E-state index is 11.9. The van der Waals surface area contributed by atoms with Crippen LogP contribution in [-0.4, -0.2) is 33.3 Å². The Morgan fingerprint density at radius 2 is 1.65 bits per heavy atom. The van der Waals surface area contributed by atoms with Crippen molar-refractivity contribution in [3.05, 3.63) is 53.1 Å². The number of methoxy groups -OCH3 is 2. The summed E-state index contributed by atoms with van der Waals surface area (Å²) in [6.45, 7) is 4.64. The van der Waals surface area contributed by atoms with E-state index in [0.29, 0.717) is 12.3 Å². The Hall–Kier alpha value is -2.69. The quantitative estimate of drug-likeness (QED) is 0.699. The first-order chi connectivity index (χ1) is 12.5. The highest BCUT2D eigenvalue weighted by Crippen LogP contribution is 2.27. The van der Waals surface area contributed by atoms with Gasteiger partial charge in [0.25, 0.3) is 5.91 Å². The topological polar surface area (TPSA) is 56.8 Å². The van der Waals surface area contributed by atoms with Gasteiger partial charge in [-0.3, -0.25) is 4.79 Å². The summed E-state index contributed by atoms with van der Waals surface area (Å²) in [5, 5.41) is 2.88. The van der Waals surface area contributed by atoms with Gasteiger partial charge in [0.15, 0.2) is 18.1 Å². The lowest BCUT2D eigenvalue weighted by Gasteiger charge is -2.10. The van der Waals surface area contributed by atoms with Gasteiger partial charge in [-0.15, -0.1) is 0 Å². The van der Waals surface area contributed by atoms with E-state index in [-0.39, 0.29) is 12.5 Å². The van der Waals surface area contributed by atoms with Crippen molar-refractivity contribution in [3.8, 4) is 17.2 Å². The molecule has 140 valence electrons. The Morgan fingerprint density at radius 3 is 2.31 bits per heavy atom. The predicted molar refractivity (Wildman–Crippen MR) is 102 cm³/mol. The van der Waals surface area contributed by atoms with E-state index in [4.69, 9.17) is 14.2 Å². The lowest BCUT2D eigenvalue weighted by Crippen LogP contribution is -2.29. The van der Waals surface area contributed by atoms with Gasteiger partial charge >= 0.3 is 0 Å². The van der Waals surface area contributed by atoms with Crippen LogP contribution in [0.15, 0.2) is 36.4 Å². The molecule has 0 saturated heterocycles. The Balaban J connectivity index is 1.71. The van der Waals surface area contributed by atoms with Crippen molar-refractivity contribution in [3.63, 3.8) is 0 Å². The smallest absolute Gasteiger partial charge is 0.257 e. The van der Waals surface area contributed by atoms with Gasteiger partial charge in [0.05, 0.1) is 14.2 Å². The van der Waals surface area contributed by atoms with Crippen LogP contribution in [-0.2, 0) is 11.2 Å². The van der Waals surface area contributed by atoms with E-state index in [2.05, 4.69) is 11.4 Å². The molecule has 26 heavy (non-hydrogen) atoms. The fourth-order valence-electron chi connectivity index (χ4n) is 2.77. The number of carbonyl (C=O) groups is 1. The van der Waals surface area contributed by atoms with E-state index in [1.807, 2.05) is 44.2 Å². The van der Waals surface area contributed by atoms with Crippen molar-refractivity contribution < 1.29 is 19.0 Å². The number of ether oxygens (including phenoxy) is 3. The lowest BCUT2D eigenvalue weighted by molar-refractivity contribution is -0.123. The van der Waals surface area contributed by atoms with E-state index in [9.17, 15) is 4.79 Å². The average molecular weight is 357 g/mol. The van der Waals surface area contributed by atoms with Crippen LogP contribution in [0.3, 0.4) is 0 Å². The number of amides is 1. The normalized spacial score (nSPS) is 10.3. The number of rotatable bonds is 9. The van der Waals surface area contributed by atoms with Crippen molar-refractivity contribution >= 4 is 5.91 Å². The molecule has 2 aromatic carbocycles. The zero-order valence-electron chi connectivity index (χ0n) is 15.9. The maximum Gasteiger partial charge on any atom is 0.257 e. The average Bonchev–Trinajstić information content (AvgIpc) is 2.62. The van der Waals surface area contributed by atoms with E-state index >= 15 is 0 Å². The third-order valence-electron chi connectivity index (χ3n) is 3.98. The summed E-state index contributed by atoms with van der Waals surface area (Å²) in [4.78, 5) is 11.9. The minimum Gasteiger partial charge on any atom is -0.493 e. The van der Waals surface area contributed by atoms with Crippen LogP contribution in [0.25, 0.3) is 0 Å². The van der Waals surface area contributed by atoms with Gasteiger partial charge in [-0.25, -0.2) is 0 Å². The van der Waals surface area contributed by atoms with Gasteiger partial charge in [0, 0.05) is 6.54 Å². The van der Waals surface area contributed by atoms with Crippen LogP contribution < -0.4 is 19.5 Å². The fourth-order valence-corrected chi connectivity index (χ4v) is 2.77. The summed E-state index contributed by atoms with van der Waals surface area (Å²) in [6, 6.07) is 11.8. The summed E-state index contributed by atoms with van der Waals surface area (Å²) in [7, 11) is 3.24. The number of nitrogens with one attached hydrogen (secondary N) is 1. The monoisotopic (exact) mass is 357 g/mol. The predicted octanol–water partition coefficient (Wildman–Crippen LogP) is 3.45. The Morgan fingerprint density at radius 1 is 0.962 bits per heavy atom. The van der Waals surface area contributed by atoms with Crippen LogP contribution in [0, 0.1) is 13.8 Å². The molecule has 0 heterocycles. The largest absolute Gasteiger partial charge is 0.493 e. The van der Waals surface area contributed by atoms with Crippen LogP contribution in [0.5, 0.6) is 17.2 Å². The second kappa shape index (κ2) is 9.70. The third-order valence-corrected chi connectivity index (χ3v) is 3.98. The van der Waals surface area contributed by atoms with E-state index < -0.39 is 0 Å². The van der Waals surface area contributed by atoms with Crippen LogP contribution in [0.4, 0.5) is 0 Å². The highest BCUT2D eigenvalue weighted by molar-refractivity contribution is 5.77. The Bertz CT molecular complexity index is 723. The van der Waals surface area contributed by atoms with E-state index in [1.165, 1.54) is 0 Å². The molecule has 5 heteroatoms. The lowest BCUT2D eigenvalue weighted by atomic mass is 10.1. The van der Waals surface area contributed by atoms with Crippen LogP contribution in [0.1, 0.15) is 23.1 Å². The molecule has 2 rings (SSSR count). The molecule has 0 aliphatic carbocycles. The number of hydrogen-bond acceptors (Lipinski definition) is 4. The second-order valence-corrected chi connectivity index (χ2v) is 6.25. The summed E-state index contributed by atoms with van der Waals surface area (Å²) < 4.78 is 16.1. The molecule has 0 saturated carbocycles. The number of hydrogen-bond donors (Lipinski definition) is 1. The standard InChI is InChI=1S/C21H27NO4/c1-15-10-16(2)12-18(11-15)26-14-21(23)22-9-5-6-17-7-8-19(24-3)20(13-17)25-4/h7-8,10-13H,5-6,9,14H2,1-4H3,(H,22,23). The van der Waals surface area contributed by atoms with E-state index in [1.54, 1.807) is 14.2 Å². The van der Waals surface area contributed by atoms with Gasteiger partial charge in [-0.05, 0) is 67.6 Å². The third kappa shape index (κ3) is 5.99. The van der Waals surface area contributed by atoms with Crippen molar-refractivity contribution in [1.82, 2.24) is 5.32 Å². The first-order valence-electron chi connectivity index (χ1n) is 8.70. The van der Waals surface area contributed by atoms with Gasteiger partial charge in [-0.2, -0.15) is 0 Å². The molecule has 1 amide bonds. The summed E-state index contributed by atoms with van der Waals surface area (Å²) in [6.07, 6.45) is 1.68. The molecule has 0 fully saturated rings. The first kappa shape index (κ1) is 19.6. The summed E-state index contributed by atoms with van der Waals surface area (Å²) >= 11 is 0. The molecule has 0 unspecified atom stereocenters. The van der Waals surface area contributed by atoms with Crippen molar-refractivity contribution in [1.29, 1.82) is 0 Å². The SMILES string of the molecule is COc1ccc(CCCNC(=O)COc2cc(C)cc(C)c2)cc1OC. The molecule has 0 atom stereocenters. The molecular formula is C21H27NO4. The van der Waals surface area contributed by atoms with Gasteiger partial charge < -0.3 is 19.5 Å². The van der Waals surface area contributed by atoms with Crippen molar-refractivity contribution in [2.45, 2.75) is 26.7 Å². The Labute approximate surface area is 155 Å². The molecule has 1 N–H and O–H groups in total. The van der Waals surface area contributed by atoms with Gasteiger partial charge in [-0.1, -0.05) is 12.1 Å².